The summed E-state index contributed by atoms with van der Waals surface area (Å²) >= 11 is 0. The van der Waals surface area contributed by atoms with Crippen LogP contribution in [-0.2, 0) is 23.8 Å². The van der Waals surface area contributed by atoms with Crippen LogP contribution in [0.15, 0.2) is 0 Å². The fraction of sp³-hybridized carbons (Fsp3) is 0.875. The van der Waals surface area contributed by atoms with Gasteiger partial charge in [0.15, 0.2) is 5.78 Å². The number of rotatable bonds is 14. The molecular weight excluding hydrogens is 286 g/mol. The average molecular weight is 315 g/mol. The molecule has 0 atom stereocenters. The van der Waals surface area contributed by atoms with Gasteiger partial charge in [0.1, 0.15) is 6.61 Å². The maximum Gasteiger partial charge on any atom is 0.226 e. The van der Waals surface area contributed by atoms with Gasteiger partial charge in [0.05, 0.1) is 33.0 Å². The van der Waals surface area contributed by atoms with Crippen LogP contribution in [0.4, 0.5) is 0 Å². The molecule has 1 aliphatic carbocycles. The fourth-order valence-electron chi connectivity index (χ4n) is 2.04. The summed E-state index contributed by atoms with van der Waals surface area (Å²) in [4.78, 5) is 22.8. The molecule has 1 fully saturated rings. The number of hydrogen-bond donors (Lipinski definition) is 1. The molecular formula is C16H29NO5. The van der Waals surface area contributed by atoms with E-state index in [0.29, 0.717) is 46.0 Å². The number of ketones is 1. The second kappa shape index (κ2) is 10.7. The van der Waals surface area contributed by atoms with Gasteiger partial charge in [-0.1, -0.05) is 13.8 Å². The van der Waals surface area contributed by atoms with E-state index in [1.54, 1.807) is 0 Å². The largest absolute Gasteiger partial charge is 0.377 e. The summed E-state index contributed by atoms with van der Waals surface area (Å²) in [6.07, 6.45) is 3.44. The van der Waals surface area contributed by atoms with Crippen molar-refractivity contribution in [3.63, 3.8) is 0 Å². The summed E-state index contributed by atoms with van der Waals surface area (Å²) < 4.78 is 15.8. The Morgan fingerprint density at radius 3 is 2.09 bits per heavy atom. The Kier molecular flexibility index (Phi) is 9.27. The Morgan fingerprint density at radius 2 is 1.55 bits per heavy atom. The van der Waals surface area contributed by atoms with Gasteiger partial charge in [-0.3, -0.25) is 9.59 Å². The van der Waals surface area contributed by atoms with E-state index >= 15 is 0 Å². The first-order valence-electron chi connectivity index (χ1n) is 8.18. The van der Waals surface area contributed by atoms with Gasteiger partial charge >= 0.3 is 0 Å². The minimum atomic E-state index is -0.0811. The third-order valence-electron chi connectivity index (χ3n) is 3.95. The summed E-state index contributed by atoms with van der Waals surface area (Å²) in [6, 6.07) is 0. The molecule has 1 N–H and O–H groups in total. The monoisotopic (exact) mass is 315 g/mol. The maximum absolute atomic E-state index is 11.8. The van der Waals surface area contributed by atoms with E-state index in [0.717, 1.165) is 19.3 Å². The van der Waals surface area contributed by atoms with Crippen molar-refractivity contribution in [1.82, 2.24) is 5.32 Å². The van der Waals surface area contributed by atoms with E-state index in [1.807, 2.05) is 6.92 Å². The zero-order chi connectivity index (χ0) is 16.3. The van der Waals surface area contributed by atoms with Crippen LogP contribution < -0.4 is 5.32 Å². The number of nitrogens with one attached hydrogen (secondary N) is 1. The molecule has 0 spiro atoms. The molecule has 0 heterocycles. The molecule has 1 saturated carbocycles. The van der Waals surface area contributed by atoms with Crippen LogP contribution in [0.3, 0.4) is 0 Å². The van der Waals surface area contributed by atoms with E-state index in [9.17, 15) is 9.59 Å². The molecule has 0 aliphatic heterocycles. The van der Waals surface area contributed by atoms with Crippen LogP contribution in [0.2, 0.25) is 0 Å². The molecule has 0 aromatic rings. The molecule has 22 heavy (non-hydrogen) atoms. The third kappa shape index (κ3) is 7.33. The number of carbonyl (C=O) groups is 2. The molecule has 0 saturated heterocycles. The average Bonchev–Trinajstić information content (AvgIpc) is 3.33. The Hall–Kier alpha value is -0.980. The predicted octanol–water partition coefficient (Wildman–Crippen LogP) is 1.32. The molecule has 0 bridgehead atoms. The van der Waals surface area contributed by atoms with Gasteiger partial charge in [0.25, 0.3) is 0 Å². The van der Waals surface area contributed by atoms with Crippen molar-refractivity contribution in [1.29, 1.82) is 0 Å². The van der Waals surface area contributed by atoms with Crippen molar-refractivity contribution in [2.45, 2.75) is 39.5 Å². The lowest BCUT2D eigenvalue weighted by Crippen LogP contribution is -2.34. The Balaban J connectivity index is 1.80. The Labute approximate surface area is 132 Å². The quantitative estimate of drug-likeness (QED) is 0.489. The standard InChI is InChI=1S/C16H29NO5/c1-3-14(18)13-22-12-11-21-10-9-20-8-7-17-15(19)16(4-2)5-6-16/h3-13H2,1-2H3,(H,17,19). The van der Waals surface area contributed by atoms with Crippen molar-refractivity contribution in [3.8, 4) is 0 Å². The third-order valence-corrected chi connectivity index (χ3v) is 3.95. The topological polar surface area (TPSA) is 73.9 Å². The number of Topliss-reactive ketones (excluding diaryl/α,β-unsaturated/α-hetero) is 1. The molecule has 0 aromatic carbocycles. The SMILES string of the molecule is CCC(=O)COCCOCCOCCNC(=O)C1(CC)CC1. The van der Waals surface area contributed by atoms with Gasteiger partial charge in [-0.25, -0.2) is 0 Å². The number of hydrogen-bond acceptors (Lipinski definition) is 5. The zero-order valence-corrected chi connectivity index (χ0v) is 13.8. The van der Waals surface area contributed by atoms with E-state index < -0.39 is 0 Å². The molecule has 0 aromatic heterocycles. The number of carbonyl (C=O) groups excluding carboxylic acids is 2. The van der Waals surface area contributed by atoms with Gasteiger partial charge in [0.2, 0.25) is 5.91 Å². The molecule has 0 unspecified atom stereocenters. The normalized spacial score (nSPS) is 15.5. The van der Waals surface area contributed by atoms with Crippen molar-refractivity contribution in [2.24, 2.45) is 5.41 Å². The minimum Gasteiger partial charge on any atom is -0.377 e. The highest BCUT2D eigenvalue weighted by Crippen LogP contribution is 2.48. The molecule has 1 amide bonds. The number of amides is 1. The molecule has 128 valence electrons. The maximum atomic E-state index is 11.8. The first-order chi connectivity index (χ1) is 10.6. The second-order valence-corrected chi connectivity index (χ2v) is 5.56. The summed E-state index contributed by atoms with van der Waals surface area (Å²) in [5, 5.41) is 2.91. The van der Waals surface area contributed by atoms with Gasteiger partial charge in [-0.15, -0.1) is 0 Å². The summed E-state index contributed by atoms with van der Waals surface area (Å²) in [5.41, 5.74) is -0.0811. The van der Waals surface area contributed by atoms with Gasteiger partial charge < -0.3 is 19.5 Å². The Morgan fingerprint density at radius 1 is 0.955 bits per heavy atom. The zero-order valence-electron chi connectivity index (χ0n) is 13.8. The van der Waals surface area contributed by atoms with Gasteiger partial charge in [-0.2, -0.15) is 0 Å². The lowest BCUT2D eigenvalue weighted by molar-refractivity contribution is -0.126. The lowest BCUT2D eigenvalue weighted by Gasteiger charge is -2.12. The fourth-order valence-corrected chi connectivity index (χ4v) is 2.04. The van der Waals surface area contributed by atoms with Crippen LogP contribution in [-0.4, -0.2) is 57.9 Å². The highest BCUT2D eigenvalue weighted by molar-refractivity contribution is 5.85. The first kappa shape index (κ1) is 19.1. The lowest BCUT2D eigenvalue weighted by atomic mass is 10.0. The van der Waals surface area contributed by atoms with Crippen LogP contribution in [0.1, 0.15) is 39.5 Å². The van der Waals surface area contributed by atoms with Crippen molar-refractivity contribution >= 4 is 11.7 Å². The minimum absolute atomic E-state index is 0.0811. The van der Waals surface area contributed by atoms with E-state index in [2.05, 4.69) is 12.2 Å². The van der Waals surface area contributed by atoms with Crippen LogP contribution >= 0.6 is 0 Å². The van der Waals surface area contributed by atoms with Crippen molar-refractivity contribution in [2.75, 3.05) is 46.2 Å². The van der Waals surface area contributed by atoms with Gasteiger partial charge in [0, 0.05) is 18.4 Å². The molecule has 6 heteroatoms. The van der Waals surface area contributed by atoms with Crippen LogP contribution in [0.25, 0.3) is 0 Å². The van der Waals surface area contributed by atoms with Crippen LogP contribution in [0, 0.1) is 5.41 Å². The molecule has 1 aliphatic rings. The Bertz CT molecular complexity index is 341. The number of ether oxygens (including phenoxy) is 3. The van der Waals surface area contributed by atoms with E-state index in [4.69, 9.17) is 14.2 Å². The summed E-state index contributed by atoms with van der Waals surface area (Å²) in [5.74, 6) is 0.259. The highest BCUT2D eigenvalue weighted by atomic mass is 16.5. The molecule has 0 radical (unpaired) electrons. The molecule has 6 nitrogen and oxygen atoms in total. The first-order valence-corrected chi connectivity index (χ1v) is 8.18. The van der Waals surface area contributed by atoms with Crippen molar-refractivity contribution < 1.29 is 23.8 Å². The van der Waals surface area contributed by atoms with Gasteiger partial charge in [-0.05, 0) is 19.3 Å². The van der Waals surface area contributed by atoms with Crippen molar-refractivity contribution in [3.05, 3.63) is 0 Å². The second-order valence-electron chi connectivity index (χ2n) is 5.56. The smallest absolute Gasteiger partial charge is 0.226 e. The van der Waals surface area contributed by atoms with Crippen LogP contribution in [0.5, 0.6) is 0 Å². The van der Waals surface area contributed by atoms with E-state index in [1.165, 1.54) is 0 Å². The summed E-state index contributed by atoms with van der Waals surface area (Å²) in [6.45, 7) is 6.92. The molecule has 1 rings (SSSR count). The highest BCUT2D eigenvalue weighted by Gasteiger charge is 2.47. The van der Waals surface area contributed by atoms with E-state index in [-0.39, 0.29) is 23.7 Å². The predicted molar refractivity (Wildman–Crippen MR) is 82.7 cm³/mol. The summed E-state index contributed by atoms with van der Waals surface area (Å²) in [7, 11) is 0.